The van der Waals surface area contributed by atoms with Crippen molar-refractivity contribution in [1.82, 2.24) is 14.5 Å². The molecule has 0 spiro atoms. The number of rotatable bonds is 9. The van der Waals surface area contributed by atoms with Gasteiger partial charge < -0.3 is 24.6 Å². The minimum Gasteiger partial charge on any atom is -0.386 e. The van der Waals surface area contributed by atoms with E-state index in [-0.39, 0.29) is 23.0 Å². The van der Waals surface area contributed by atoms with Gasteiger partial charge in [-0.15, -0.1) is 0 Å². The lowest BCUT2D eigenvalue weighted by molar-refractivity contribution is 0.0487. The lowest BCUT2D eigenvalue weighted by atomic mass is 9.97. The van der Waals surface area contributed by atoms with E-state index in [1.54, 1.807) is 44.8 Å². The van der Waals surface area contributed by atoms with Crippen molar-refractivity contribution in [2.24, 2.45) is 10.9 Å². The zero-order chi connectivity index (χ0) is 32.1. The molecule has 4 heterocycles. The van der Waals surface area contributed by atoms with Crippen LogP contribution in [0.5, 0.6) is 0 Å². The van der Waals surface area contributed by atoms with Gasteiger partial charge in [-0.25, -0.2) is 18.3 Å². The average molecular weight is 633 g/mol. The summed E-state index contributed by atoms with van der Waals surface area (Å²) in [7, 11) is -0.783. The van der Waals surface area contributed by atoms with Gasteiger partial charge in [-0.3, -0.25) is 14.0 Å². The molecule has 0 saturated carbocycles. The van der Waals surface area contributed by atoms with Gasteiger partial charge in [-0.1, -0.05) is 6.08 Å². The largest absolute Gasteiger partial charge is 0.474 e. The van der Waals surface area contributed by atoms with Crippen LogP contribution in [0.1, 0.15) is 53.5 Å². The Labute approximate surface area is 257 Å². The standard InChI is InChI=1S/C31H43F2N6O4P/c1-9-19(13-35-18(2)3)21-15-38(17-42-44(40,41)43-31(4,5)6)30-26(25-27(33)22(32)12-23(34-7)28(25)36-30)29(21)39-11-10-20-14-37(8)16-24(20)39/h9,12-13,15,18,20,24,34H,10-11,14,16-17H2,1-8H3,(H,40,41)/b19-9+,35-13-/t20-,24+/m1/s1. The molecule has 1 aromatic carbocycles. The second-order valence-corrected chi connectivity index (χ2v) is 14.3. The molecule has 4 aliphatic rings. The van der Waals surface area contributed by atoms with Gasteiger partial charge in [0.2, 0.25) is 0 Å². The van der Waals surface area contributed by atoms with Gasteiger partial charge in [-0.2, -0.15) is 0 Å². The number of nitrogens with zero attached hydrogens (tertiary/aromatic N) is 5. The first-order valence-corrected chi connectivity index (χ1v) is 16.5. The minimum absolute atomic E-state index is 0.0215. The zero-order valence-electron chi connectivity index (χ0n) is 26.7. The summed E-state index contributed by atoms with van der Waals surface area (Å²) in [6.07, 6.45) is 6.45. The lowest BCUT2D eigenvalue weighted by Crippen LogP contribution is -2.36. The Morgan fingerprint density at radius 2 is 2.05 bits per heavy atom. The van der Waals surface area contributed by atoms with E-state index in [2.05, 4.69) is 27.2 Å². The first-order valence-electron chi connectivity index (χ1n) is 15.0. The van der Waals surface area contributed by atoms with Crippen LogP contribution in [-0.2, 0) is 20.3 Å². The number of nitrogens with one attached hydrogen (secondary N) is 1. The third-order valence-electron chi connectivity index (χ3n) is 8.10. The fourth-order valence-electron chi connectivity index (χ4n) is 6.36. The van der Waals surface area contributed by atoms with Gasteiger partial charge in [0.15, 0.2) is 11.6 Å². The van der Waals surface area contributed by atoms with Crippen LogP contribution in [0.15, 0.2) is 23.3 Å². The predicted octanol–water partition coefficient (Wildman–Crippen LogP) is 6.37. The summed E-state index contributed by atoms with van der Waals surface area (Å²) < 4.78 is 56.4. The number of aromatic nitrogens is 2. The maximum absolute atomic E-state index is 16.0. The molecular formula is C31H43F2N6O4P. The molecule has 4 aliphatic heterocycles. The molecule has 10 nitrogen and oxygen atoms in total. The second kappa shape index (κ2) is 12.1. The molecule has 2 fully saturated rings. The van der Waals surface area contributed by atoms with Crippen LogP contribution in [0.3, 0.4) is 0 Å². The van der Waals surface area contributed by atoms with Crippen LogP contribution in [0, 0.1) is 17.6 Å². The number of anilines is 2. The highest BCUT2D eigenvalue weighted by Gasteiger charge is 2.43. The number of phosphoric ester groups is 1. The topological polar surface area (TPSA) is 104 Å². The van der Waals surface area contributed by atoms with E-state index in [1.807, 2.05) is 26.8 Å². The maximum Gasteiger partial charge on any atom is 0.474 e. The molecule has 13 heteroatoms. The highest BCUT2D eigenvalue weighted by molar-refractivity contribution is 7.47. The van der Waals surface area contributed by atoms with E-state index in [0.29, 0.717) is 28.6 Å². The van der Waals surface area contributed by atoms with Gasteiger partial charge in [0.1, 0.15) is 12.6 Å². The Balaban J connectivity index is 1.83. The Kier molecular flexibility index (Phi) is 8.96. The molecule has 5 rings (SSSR count). The van der Waals surface area contributed by atoms with Crippen LogP contribution >= 0.6 is 7.82 Å². The van der Waals surface area contributed by atoms with Gasteiger partial charge in [0.05, 0.1) is 33.4 Å². The number of hydrogen-bond donors (Lipinski definition) is 2. The Hall–Kier alpha value is -2.89. The highest BCUT2D eigenvalue weighted by Crippen LogP contribution is 2.51. The van der Waals surface area contributed by atoms with E-state index in [0.717, 1.165) is 43.4 Å². The van der Waals surface area contributed by atoms with Crippen molar-refractivity contribution in [1.29, 1.82) is 0 Å². The van der Waals surface area contributed by atoms with Crippen LogP contribution < -0.4 is 10.2 Å². The average Bonchev–Trinajstić information content (AvgIpc) is 3.61. The van der Waals surface area contributed by atoms with Crippen molar-refractivity contribution < 1.29 is 27.3 Å². The maximum atomic E-state index is 16.0. The number of benzene rings is 1. The third-order valence-corrected chi connectivity index (χ3v) is 9.32. The van der Waals surface area contributed by atoms with Gasteiger partial charge in [0, 0.05) is 62.8 Å². The second-order valence-electron chi connectivity index (χ2n) is 12.9. The van der Waals surface area contributed by atoms with Gasteiger partial charge in [0.25, 0.3) is 0 Å². The van der Waals surface area contributed by atoms with Crippen LogP contribution in [0.4, 0.5) is 20.2 Å². The summed E-state index contributed by atoms with van der Waals surface area (Å²) >= 11 is 0. The van der Waals surface area contributed by atoms with Crippen molar-refractivity contribution in [2.45, 2.75) is 72.4 Å². The summed E-state index contributed by atoms with van der Waals surface area (Å²) in [6.45, 7) is 12.9. The highest BCUT2D eigenvalue weighted by atomic mass is 31.2. The summed E-state index contributed by atoms with van der Waals surface area (Å²) in [5.41, 5.74) is 2.24. The summed E-state index contributed by atoms with van der Waals surface area (Å²) in [4.78, 5) is 24.6. The Bertz CT molecular complexity index is 1630. The number of halogens is 2. The first-order chi connectivity index (χ1) is 20.6. The number of likely N-dealkylation sites (tertiary alicyclic amines) is 1. The molecule has 1 aromatic rings. The normalized spacial score (nSPS) is 21.4. The number of hydrogen-bond acceptors (Lipinski definition) is 8. The molecular weight excluding hydrogens is 589 g/mol. The Morgan fingerprint density at radius 3 is 2.68 bits per heavy atom. The van der Waals surface area contributed by atoms with Crippen molar-refractivity contribution in [3.05, 3.63) is 35.5 Å². The predicted molar refractivity (Wildman–Crippen MR) is 172 cm³/mol. The number of fused-ring (bicyclic) bond motifs is 4. The fourth-order valence-corrected chi connectivity index (χ4v) is 7.38. The number of pyridine rings is 1. The lowest BCUT2D eigenvalue weighted by Gasteiger charge is -2.32. The number of allylic oxidation sites excluding steroid dienone is 2. The van der Waals surface area contributed by atoms with E-state index >= 15 is 8.78 Å². The van der Waals surface area contributed by atoms with Gasteiger partial charge in [-0.05, 0) is 66.5 Å². The summed E-state index contributed by atoms with van der Waals surface area (Å²) in [6, 6.07) is 1.28. The van der Waals surface area contributed by atoms with Crippen LogP contribution in [0.2, 0.25) is 0 Å². The molecule has 0 amide bonds. The molecule has 0 bridgehead atoms. The molecule has 240 valence electrons. The minimum atomic E-state index is -4.50. The number of aliphatic imine (C=N–C) groups is 1. The molecule has 44 heavy (non-hydrogen) atoms. The van der Waals surface area contributed by atoms with Crippen molar-refractivity contribution in [3.8, 4) is 11.4 Å². The third kappa shape index (κ3) is 6.28. The molecule has 1 unspecified atom stereocenters. The molecule has 3 atom stereocenters. The fraction of sp³-hybridized carbons (Fsp3) is 0.548. The molecule has 2 saturated heterocycles. The molecule has 0 aromatic heterocycles. The van der Waals surface area contributed by atoms with Crippen LogP contribution in [0.25, 0.3) is 27.9 Å². The quantitative estimate of drug-likeness (QED) is 0.207. The first kappa shape index (κ1) is 32.5. The molecule has 0 radical (unpaired) electrons. The zero-order valence-corrected chi connectivity index (χ0v) is 27.6. The smallest absolute Gasteiger partial charge is 0.386 e. The van der Waals surface area contributed by atoms with E-state index in [1.165, 1.54) is 0 Å². The van der Waals surface area contributed by atoms with Crippen molar-refractivity contribution >= 4 is 41.9 Å². The number of phosphoric acid groups is 1. The van der Waals surface area contributed by atoms with Gasteiger partial charge >= 0.3 is 7.82 Å². The Morgan fingerprint density at radius 1 is 1.32 bits per heavy atom. The monoisotopic (exact) mass is 632 g/mol. The van der Waals surface area contributed by atoms with Crippen molar-refractivity contribution in [2.75, 3.05) is 43.9 Å². The van der Waals surface area contributed by atoms with E-state index in [4.69, 9.17) is 14.0 Å². The molecule has 0 aliphatic carbocycles. The molecule has 2 N–H and O–H groups in total. The van der Waals surface area contributed by atoms with Crippen molar-refractivity contribution in [3.63, 3.8) is 0 Å². The summed E-state index contributed by atoms with van der Waals surface area (Å²) in [5.74, 6) is -1.29. The SMILES string of the molecule is C/C=C(\C=N/C(C)C)c1cn(COP(=O)(O)OC(C)(C)C)c2nc3c(NC)cc(F)c(F)c3c-2c1N1CC[C@@H]2CN(C)C[C@@H]21. The van der Waals surface area contributed by atoms with Crippen LogP contribution in [-0.4, -0.2) is 77.0 Å². The van der Waals surface area contributed by atoms with E-state index < -0.39 is 31.8 Å². The van der Waals surface area contributed by atoms with E-state index in [9.17, 15) is 9.46 Å². The summed E-state index contributed by atoms with van der Waals surface area (Å²) in [5, 5.41) is 2.99. The number of likely N-dealkylation sites (N-methyl/N-ethyl adjacent to an activating group) is 1.